The fourth-order valence-electron chi connectivity index (χ4n) is 2.44. The van der Waals surface area contributed by atoms with Crippen molar-refractivity contribution in [3.8, 4) is 0 Å². The molecule has 0 spiro atoms. The first-order chi connectivity index (χ1) is 11.3. The van der Waals surface area contributed by atoms with Gasteiger partial charge in [-0.3, -0.25) is 9.59 Å². The summed E-state index contributed by atoms with van der Waals surface area (Å²) in [7, 11) is 1.15. The van der Waals surface area contributed by atoms with Crippen LogP contribution in [0, 0.1) is 0 Å². The highest BCUT2D eigenvalue weighted by molar-refractivity contribution is 8.00. The predicted octanol–water partition coefficient (Wildman–Crippen LogP) is 0.838. The van der Waals surface area contributed by atoms with Crippen LogP contribution in [0.4, 0.5) is 0 Å². The van der Waals surface area contributed by atoms with Crippen molar-refractivity contribution in [2.24, 2.45) is 0 Å². The molecule has 0 saturated carbocycles. The molecule has 4 atom stereocenters. The number of thioether (sulfide) groups is 1. The second-order valence-electron chi connectivity index (χ2n) is 5.92. The maximum absolute atomic E-state index is 12.4. The van der Waals surface area contributed by atoms with Crippen LogP contribution < -0.4 is 0 Å². The molecule has 0 radical (unpaired) electrons. The van der Waals surface area contributed by atoms with Gasteiger partial charge in [0.15, 0.2) is 11.9 Å². The minimum Gasteiger partial charge on any atom is -0.467 e. The minimum atomic E-state index is -1.39. The normalized spacial score (nSPS) is 28.2. The Labute approximate surface area is 146 Å². The lowest BCUT2D eigenvalue weighted by Crippen LogP contribution is -2.35. The topological polar surface area (TPSA) is 110 Å². The number of methoxy groups -OCH3 is 1. The first kappa shape index (κ1) is 20.9. The molecule has 0 aromatic rings. The Morgan fingerprint density at radius 1 is 1.33 bits per heavy atom. The van der Waals surface area contributed by atoms with E-state index < -0.39 is 35.2 Å². The maximum Gasteiger partial charge on any atom is 0.335 e. The van der Waals surface area contributed by atoms with E-state index >= 15 is 0 Å². The number of ether oxygens (including phenoxy) is 2. The first-order valence-electron chi connectivity index (χ1n) is 8.14. The van der Waals surface area contributed by atoms with Crippen LogP contribution in [0.1, 0.15) is 45.4 Å². The van der Waals surface area contributed by atoms with Gasteiger partial charge in [-0.2, -0.15) is 0 Å². The summed E-state index contributed by atoms with van der Waals surface area (Å²) in [5.74, 6) is -1.89. The standard InChI is InChI=1S/C16H26O7S/c1-10-6-4-3-5-7-11(17)15(20)13(8-14(19)23-10)24-9-12(18)16(21)22-2/h10-13,17-18H,3-9H2,1-2H3/t10-,11+,12+,13+/m0/s1. The Morgan fingerprint density at radius 2 is 2.00 bits per heavy atom. The molecule has 0 aliphatic carbocycles. The van der Waals surface area contributed by atoms with Gasteiger partial charge in [0.2, 0.25) is 0 Å². The number of hydrogen-bond acceptors (Lipinski definition) is 8. The molecule has 2 N–H and O–H groups in total. The average Bonchev–Trinajstić information content (AvgIpc) is 2.55. The van der Waals surface area contributed by atoms with Gasteiger partial charge in [-0.05, 0) is 26.2 Å². The van der Waals surface area contributed by atoms with Gasteiger partial charge in [-0.25, -0.2) is 4.79 Å². The molecule has 1 aliphatic rings. The van der Waals surface area contributed by atoms with E-state index in [1.54, 1.807) is 0 Å². The summed E-state index contributed by atoms with van der Waals surface area (Å²) in [6.45, 7) is 1.81. The zero-order chi connectivity index (χ0) is 18.1. The van der Waals surface area contributed by atoms with Crippen LogP contribution in [0.3, 0.4) is 0 Å². The van der Waals surface area contributed by atoms with Gasteiger partial charge in [-0.15, -0.1) is 11.8 Å². The highest BCUT2D eigenvalue weighted by atomic mass is 32.2. The van der Waals surface area contributed by atoms with Crippen molar-refractivity contribution in [2.75, 3.05) is 12.9 Å². The molecule has 0 bridgehead atoms. The van der Waals surface area contributed by atoms with Crippen LogP contribution in [0.15, 0.2) is 0 Å². The molecule has 1 saturated heterocycles. The molecule has 1 fully saturated rings. The molecule has 8 heteroatoms. The fraction of sp³-hybridized carbons (Fsp3) is 0.812. The molecule has 0 amide bonds. The molecule has 1 rings (SSSR count). The number of rotatable bonds is 4. The fourth-order valence-corrected chi connectivity index (χ4v) is 3.56. The number of aliphatic hydroxyl groups excluding tert-OH is 2. The molecule has 7 nitrogen and oxygen atoms in total. The van der Waals surface area contributed by atoms with E-state index in [0.29, 0.717) is 6.42 Å². The highest BCUT2D eigenvalue weighted by Gasteiger charge is 2.31. The zero-order valence-corrected chi connectivity index (χ0v) is 14.9. The van der Waals surface area contributed by atoms with E-state index in [0.717, 1.165) is 44.6 Å². The molecule has 0 unspecified atom stereocenters. The number of hydrogen-bond donors (Lipinski definition) is 2. The predicted molar refractivity (Wildman–Crippen MR) is 88.5 cm³/mol. The monoisotopic (exact) mass is 362 g/mol. The minimum absolute atomic E-state index is 0.0986. The third-order valence-electron chi connectivity index (χ3n) is 3.85. The van der Waals surface area contributed by atoms with Gasteiger partial charge in [-0.1, -0.05) is 12.8 Å². The largest absolute Gasteiger partial charge is 0.467 e. The van der Waals surface area contributed by atoms with Crippen molar-refractivity contribution in [1.29, 1.82) is 0 Å². The van der Waals surface area contributed by atoms with E-state index in [9.17, 15) is 24.6 Å². The summed E-state index contributed by atoms with van der Waals surface area (Å²) in [5.41, 5.74) is 0. The quantitative estimate of drug-likeness (QED) is 0.708. The SMILES string of the molecule is COC(=O)[C@H](O)CS[C@@H]1CC(=O)O[C@@H](C)CCCCC[C@@H](O)C1=O. The molecule has 0 aromatic heterocycles. The number of aliphatic hydroxyl groups is 2. The molecular weight excluding hydrogens is 336 g/mol. The molecule has 1 aliphatic heterocycles. The van der Waals surface area contributed by atoms with Crippen molar-refractivity contribution in [2.45, 2.75) is 69.0 Å². The lowest BCUT2D eigenvalue weighted by Gasteiger charge is -2.21. The number of esters is 2. The van der Waals surface area contributed by atoms with Gasteiger partial charge >= 0.3 is 11.9 Å². The number of carbonyl (C=O) groups is 3. The van der Waals surface area contributed by atoms with Crippen molar-refractivity contribution < 1.29 is 34.1 Å². The van der Waals surface area contributed by atoms with E-state index in [2.05, 4.69) is 4.74 Å². The smallest absolute Gasteiger partial charge is 0.335 e. The number of ketones is 1. The van der Waals surface area contributed by atoms with E-state index in [-0.39, 0.29) is 18.3 Å². The number of cyclic esters (lactones) is 1. The Balaban J connectivity index is 2.74. The Kier molecular flexibility index (Phi) is 9.31. The molecule has 138 valence electrons. The van der Waals surface area contributed by atoms with Crippen molar-refractivity contribution in [1.82, 2.24) is 0 Å². The van der Waals surface area contributed by atoms with Crippen molar-refractivity contribution in [3.05, 3.63) is 0 Å². The second kappa shape index (κ2) is 10.7. The van der Waals surface area contributed by atoms with Gasteiger partial charge in [0.05, 0.1) is 24.9 Å². The molecular formula is C16H26O7S. The summed E-state index contributed by atoms with van der Waals surface area (Å²) in [6, 6.07) is 0. The summed E-state index contributed by atoms with van der Waals surface area (Å²) < 4.78 is 9.69. The Bertz CT molecular complexity index is 440. The lowest BCUT2D eigenvalue weighted by atomic mass is 10.0. The number of Topliss-reactive ketones (excluding diaryl/α,β-unsaturated/α-hetero) is 1. The molecule has 24 heavy (non-hydrogen) atoms. The highest BCUT2D eigenvalue weighted by Crippen LogP contribution is 2.23. The lowest BCUT2D eigenvalue weighted by molar-refractivity contribution is -0.150. The van der Waals surface area contributed by atoms with Crippen LogP contribution in [0.2, 0.25) is 0 Å². The van der Waals surface area contributed by atoms with Gasteiger partial charge < -0.3 is 19.7 Å². The van der Waals surface area contributed by atoms with E-state index in [1.807, 2.05) is 6.92 Å². The maximum atomic E-state index is 12.4. The van der Waals surface area contributed by atoms with Crippen LogP contribution in [-0.4, -0.2) is 64.4 Å². The van der Waals surface area contributed by atoms with Crippen LogP contribution >= 0.6 is 11.8 Å². The summed E-state index contributed by atoms with van der Waals surface area (Å²) in [6.07, 6.45) is 0.582. The number of carbonyl (C=O) groups excluding carboxylic acids is 3. The van der Waals surface area contributed by atoms with Gasteiger partial charge in [0.1, 0.15) is 6.10 Å². The zero-order valence-electron chi connectivity index (χ0n) is 14.1. The summed E-state index contributed by atoms with van der Waals surface area (Å²) in [5, 5.41) is 18.8. The van der Waals surface area contributed by atoms with Crippen molar-refractivity contribution >= 4 is 29.5 Å². The molecule has 1 heterocycles. The van der Waals surface area contributed by atoms with E-state index in [1.165, 1.54) is 0 Å². The van der Waals surface area contributed by atoms with E-state index in [4.69, 9.17) is 4.74 Å². The first-order valence-corrected chi connectivity index (χ1v) is 9.18. The van der Waals surface area contributed by atoms with Gasteiger partial charge in [0, 0.05) is 5.75 Å². The third-order valence-corrected chi connectivity index (χ3v) is 5.16. The van der Waals surface area contributed by atoms with Crippen LogP contribution in [0.5, 0.6) is 0 Å². The molecule has 0 aromatic carbocycles. The second-order valence-corrected chi connectivity index (χ2v) is 7.16. The van der Waals surface area contributed by atoms with Gasteiger partial charge in [0.25, 0.3) is 0 Å². The van der Waals surface area contributed by atoms with Crippen LogP contribution in [-0.2, 0) is 23.9 Å². The Hall–Kier alpha value is -1.12. The average molecular weight is 362 g/mol. The van der Waals surface area contributed by atoms with Crippen molar-refractivity contribution in [3.63, 3.8) is 0 Å². The Morgan fingerprint density at radius 3 is 2.67 bits per heavy atom. The van der Waals surface area contributed by atoms with Crippen LogP contribution in [0.25, 0.3) is 0 Å². The summed E-state index contributed by atoms with van der Waals surface area (Å²) >= 11 is 0.955. The third kappa shape index (κ3) is 7.19. The summed E-state index contributed by atoms with van der Waals surface area (Å²) in [4.78, 5) is 35.6.